The number of hydrogen-bond acceptors (Lipinski definition) is 2. The van der Waals surface area contributed by atoms with Crippen LogP contribution in [0.2, 0.25) is 0 Å². The predicted octanol–water partition coefficient (Wildman–Crippen LogP) is 1.16. The Kier molecular flexibility index (Phi) is 2.78. The lowest BCUT2D eigenvalue weighted by Gasteiger charge is -2.29. The molecule has 0 aromatic heterocycles. The van der Waals surface area contributed by atoms with Crippen LogP contribution in [-0.2, 0) is 4.79 Å². The summed E-state index contributed by atoms with van der Waals surface area (Å²) >= 11 is 0. The molecule has 0 bridgehead atoms. The third-order valence-electron chi connectivity index (χ3n) is 2.46. The molecule has 0 aliphatic carbocycles. The Hall–Kier alpha value is -1.52. The average molecular weight is 199 g/mol. The number of hydrogen-bond donors (Lipinski definition) is 2. The van der Waals surface area contributed by atoms with Gasteiger partial charge in [-0.25, -0.2) is 9.59 Å². The van der Waals surface area contributed by atoms with E-state index in [2.05, 4.69) is 0 Å². The fourth-order valence-corrected chi connectivity index (χ4v) is 1.85. The van der Waals surface area contributed by atoms with Gasteiger partial charge in [0.1, 0.15) is 0 Å². The van der Waals surface area contributed by atoms with E-state index in [0.29, 0.717) is 12.8 Å². The highest BCUT2D eigenvalue weighted by molar-refractivity contribution is 5.86. The molecule has 1 atom stereocenters. The first-order valence-corrected chi connectivity index (χ1v) is 4.42. The van der Waals surface area contributed by atoms with Crippen LogP contribution in [0.1, 0.15) is 19.8 Å². The number of carboxylic acid groups (broad SMARTS) is 2. The second kappa shape index (κ2) is 3.69. The van der Waals surface area contributed by atoms with Crippen molar-refractivity contribution in [1.82, 2.24) is 4.90 Å². The maximum Gasteiger partial charge on any atom is 0.408 e. The Morgan fingerprint density at radius 3 is 2.50 bits per heavy atom. The summed E-state index contributed by atoms with van der Waals surface area (Å²) < 4.78 is 0. The van der Waals surface area contributed by atoms with Crippen molar-refractivity contribution in [2.45, 2.75) is 25.3 Å². The van der Waals surface area contributed by atoms with Gasteiger partial charge in [-0.2, -0.15) is 0 Å². The molecular weight excluding hydrogens is 186 g/mol. The summed E-state index contributed by atoms with van der Waals surface area (Å²) in [6.45, 7) is 1.97. The van der Waals surface area contributed by atoms with Crippen molar-refractivity contribution < 1.29 is 19.8 Å². The smallest absolute Gasteiger partial charge is 0.408 e. The first kappa shape index (κ1) is 10.6. The molecule has 0 radical (unpaired) electrons. The van der Waals surface area contributed by atoms with Gasteiger partial charge in [0, 0.05) is 6.54 Å². The molecule has 1 rings (SSSR count). The van der Waals surface area contributed by atoms with Crippen LogP contribution in [0.25, 0.3) is 0 Å². The largest absolute Gasteiger partial charge is 0.479 e. The summed E-state index contributed by atoms with van der Waals surface area (Å²) in [4.78, 5) is 22.9. The maximum absolute atomic E-state index is 11.1. The van der Waals surface area contributed by atoms with Crippen molar-refractivity contribution in [3.8, 4) is 0 Å². The number of aliphatic carboxylic acids is 1. The number of carbonyl (C=O) groups is 2. The van der Waals surface area contributed by atoms with Crippen molar-refractivity contribution >= 4 is 12.1 Å². The quantitative estimate of drug-likeness (QED) is 0.654. The molecule has 1 unspecified atom stereocenters. The zero-order valence-electron chi connectivity index (χ0n) is 7.93. The van der Waals surface area contributed by atoms with E-state index in [1.807, 2.05) is 0 Å². The van der Waals surface area contributed by atoms with Crippen LogP contribution >= 0.6 is 0 Å². The lowest BCUT2D eigenvalue weighted by Crippen LogP contribution is -2.51. The monoisotopic (exact) mass is 199 g/mol. The molecule has 2 N–H and O–H groups in total. The normalized spacial score (nSPS) is 27.1. The first-order chi connectivity index (χ1) is 6.54. The van der Waals surface area contributed by atoms with Gasteiger partial charge in [-0.05, 0) is 19.8 Å². The molecule has 1 aliphatic rings. The SMILES string of the molecule is CC=CC1(C(=O)O)CCCN1C(=O)O. The molecule has 0 spiro atoms. The standard InChI is InChI=1S/C9H13NO4/c1-2-4-9(7(11)12)5-3-6-10(9)8(13)14/h2,4H,3,5-6H2,1H3,(H,11,12)(H,13,14). The minimum Gasteiger partial charge on any atom is -0.479 e. The lowest BCUT2D eigenvalue weighted by atomic mass is 9.96. The molecule has 78 valence electrons. The highest BCUT2D eigenvalue weighted by Gasteiger charge is 2.48. The molecular formula is C9H13NO4. The summed E-state index contributed by atoms with van der Waals surface area (Å²) in [5, 5.41) is 17.9. The second-order valence-corrected chi connectivity index (χ2v) is 3.27. The van der Waals surface area contributed by atoms with Gasteiger partial charge in [0.2, 0.25) is 0 Å². The topological polar surface area (TPSA) is 77.8 Å². The van der Waals surface area contributed by atoms with E-state index in [1.165, 1.54) is 6.08 Å². The number of carboxylic acids is 1. The zero-order chi connectivity index (χ0) is 10.8. The van der Waals surface area contributed by atoms with E-state index in [4.69, 9.17) is 10.2 Å². The number of nitrogens with zero attached hydrogens (tertiary/aromatic N) is 1. The Balaban J connectivity index is 3.07. The molecule has 1 fully saturated rings. The number of amides is 1. The molecule has 1 aliphatic heterocycles. The molecule has 1 amide bonds. The van der Waals surface area contributed by atoms with Gasteiger partial charge >= 0.3 is 12.1 Å². The van der Waals surface area contributed by atoms with Crippen LogP contribution in [0.15, 0.2) is 12.2 Å². The van der Waals surface area contributed by atoms with Gasteiger partial charge in [0.05, 0.1) is 0 Å². The van der Waals surface area contributed by atoms with Crippen LogP contribution in [0, 0.1) is 0 Å². The van der Waals surface area contributed by atoms with Crippen LogP contribution in [0.5, 0.6) is 0 Å². The fraction of sp³-hybridized carbons (Fsp3) is 0.556. The summed E-state index contributed by atoms with van der Waals surface area (Å²) in [5.74, 6) is -1.10. The minimum absolute atomic E-state index is 0.284. The van der Waals surface area contributed by atoms with E-state index in [0.717, 1.165) is 4.90 Å². The van der Waals surface area contributed by atoms with Crippen LogP contribution in [0.4, 0.5) is 4.79 Å². The van der Waals surface area contributed by atoms with Gasteiger partial charge in [-0.15, -0.1) is 0 Å². The highest BCUT2D eigenvalue weighted by Crippen LogP contribution is 2.31. The number of likely N-dealkylation sites (tertiary alicyclic amines) is 1. The number of allylic oxidation sites excluding steroid dienone is 1. The van der Waals surface area contributed by atoms with Crippen LogP contribution < -0.4 is 0 Å². The average Bonchev–Trinajstić information content (AvgIpc) is 2.50. The maximum atomic E-state index is 11.1. The second-order valence-electron chi connectivity index (χ2n) is 3.27. The van der Waals surface area contributed by atoms with Crippen molar-refractivity contribution in [2.75, 3.05) is 6.54 Å². The molecule has 0 aromatic rings. The van der Waals surface area contributed by atoms with Crippen LogP contribution in [-0.4, -0.2) is 39.3 Å². The zero-order valence-corrected chi connectivity index (χ0v) is 7.93. The van der Waals surface area contributed by atoms with E-state index >= 15 is 0 Å². The van der Waals surface area contributed by atoms with E-state index < -0.39 is 17.6 Å². The van der Waals surface area contributed by atoms with Crippen molar-refractivity contribution in [3.63, 3.8) is 0 Å². The molecule has 1 saturated heterocycles. The predicted molar refractivity (Wildman–Crippen MR) is 49.1 cm³/mol. The summed E-state index contributed by atoms with van der Waals surface area (Å²) in [7, 11) is 0. The fourth-order valence-electron chi connectivity index (χ4n) is 1.85. The summed E-state index contributed by atoms with van der Waals surface area (Å²) in [6, 6.07) is 0. The lowest BCUT2D eigenvalue weighted by molar-refractivity contribution is -0.145. The van der Waals surface area contributed by atoms with Gasteiger partial charge < -0.3 is 10.2 Å². The highest BCUT2D eigenvalue weighted by atomic mass is 16.4. The van der Waals surface area contributed by atoms with Gasteiger partial charge in [0.15, 0.2) is 5.54 Å². The van der Waals surface area contributed by atoms with E-state index in [-0.39, 0.29) is 6.54 Å². The van der Waals surface area contributed by atoms with E-state index in [9.17, 15) is 9.59 Å². The third-order valence-corrected chi connectivity index (χ3v) is 2.46. The van der Waals surface area contributed by atoms with Gasteiger partial charge in [-0.3, -0.25) is 4.90 Å². The molecule has 5 nitrogen and oxygen atoms in total. The van der Waals surface area contributed by atoms with Crippen molar-refractivity contribution in [2.24, 2.45) is 0 Å². The number of rotatable bonds is 2. The molecule has 0 aromatic carbocycles. The van der Waals surface area contributed by atoms with Crippen molar-refractivity contribution in [3.05, 3.63) is 12.2 Å². The van der Waals surface area contributed by atoms with Gasteiger partial charge in [-0.1, -0.05) is 12.2 Å². The first-order valence-electron chi connectivity index (χ1n) is 4.42. The van der Waals surface area contributed by atoms with E-state index in [1.54, 1.807) is 13.0 Å². The molecule has 5 heteroatoms. The molecule has 14 heavy (non-hydrogen) atoms. The molecule has 0 saturated carbocycles. The minimum atomic E-state index is -1.35. The third kappa shape index (κ3) is 1.45. The Labute approximate surface area is 81.6 Å². The summed E-state index contributed by atoms with van der Waals surface area (Å²) in [5.41, 5.74) is -1.35. The molecule has 1 heterocycles. The Bertz CT molecular complexity index is 287. The van der Waals surface area contributed by atoms with Crippen LogP contribution in [0.3, 0.4) is 0 Å². The summed E-state index contributed by atoms with van der Waals surface area (Å²) in [6.07, 6.45) is 2.77. The Morgan fingerprint density at radius 2 is 2.07 bits per heavy atom. The van der Waals surface area contributed by atoms with Crippen molar-refractivity contribution in [1.29, 1.82) is 0 Å². The van der Waals surface area contributed by atoms with Gasteiger partial charge in [0.25, 0.3) is 0 Å². The Morgan fingerprint density at radius 1 is 1.43 bits per heavy atom.